The molecule has 0 bridgehead atoms. The molecule has 0 spiro atoms. The number of halogens is 3. The first-order chi connectivity index (χ1) is 16.4. The van der Waals surface area contributed by atoms with Crippen LogP contribution in [-0.2, 0) is 16.0 Å². The molecule has 1 aliphatic heterocycles. The van der Waals surface area contributed by atoms with Gasteiger partial charge in [-0.1, -0.05) is 35.5 Å². The predicted molar refractivity (Wildman–Crippen MR) is 131 cm³/mol. The summed E-state index contributed by atoms with van der Waals surface area (Å²) in [7, 11) is 0. The molecule has 34 heavy (non-hydrogen) atoms. The average Bonchev–Trinajstić information content (AvgIpc) is 2.82. The maximum Gasteiger partial charge on any atom is 0.238 e. The Labute approximate surface area is 204 Å². The van der Waals surface area contributed by atoms with Crippen LogP contribution in [0.1, 0.15) is 12.0 Å². The Morgan fingerprint density at radius 1 is 1.00 bits per heavy atom. The van der Waals surface area contributed by atoms with Crippen molar-refractivity contribution in [1.29, 1.82) is 0 Å². The van der Waals surface area contributed by atoms with E-state index in [9.17, 15) is 18.4 Å². The number of hydrogen-bond donors (Lipinski definition) is 1. The second-order valence-corrected chi connectivity index (χ2v) is 9.21. The van der Waals surface area contributed by atoms with Crippen molar-refractivity contribution >= 4 is 51.7 Å². The van der Waals surface area contributed by atoms with Crippen molar-refractivity contribution in [2.24, 2.45) is 4.99 Å². The topological polar surface area (TPSA) is 61.8 Å². The van der Waals surface area contributed by atoms with E-state index in [0.717, 1.165) is 17.3 Å². The molecule has 3 aromatic rings. The van der Waals surface area contributed by atoms with E-state index in [1.807, 2.05) is 12.1 Å². The Hall–Kier alpha value is -3.23. The van der Waals surface area contributed by atoms with Gasteiger partial charge in [0.1, 0.15) is 16.9 Å². The van der Waals surface area contributed by atoms with Crippen molar-refractivity contribution in [1.82, 2.24) is 4.90 Å². The number of anilines is 1. The van der Waals surface area contributed by atoms with Crippen LogP contribution in [0.2, 0.25) is 5.02 Å². The van der Waals surface area contributed by atoms with Crippen LogP contribution in [0.3, 0.4) is 0 Å². The van der Waals surface area contributed by atoms with E-state index in [4.69, 9.17) is 11.6 Å². The Morgan fingerprint density at radius 3 is 2.26 bits per heavy atom. The van der Waals surface area contributed by atoms with Crippen LogP contribution in [0, 0.1) is 11.6 Å². The fourth-order valence-corrected chi connectivity index (χ4v) is 4.59. The molecule has 1 unspecified atom stereocenters. The Morgan fingerprint density at radius 2 is 1.62 bits per heavy atom. The lowest BCUT2D eigenvalue weighted by atomic mass is 10.1. The van der Waals surface area contributed by atoms with E-state index >= 15 is 0 Å². The van der Waals surface area contributed by atoms with Gasteiger partial charge in [0.25, 0.3) is 0 Å². The number of thioether (sulfide) groups is 1. The molecular weight excluding hydrogens is 480 g/mol. The zero-order valence-corrected chi connectivity index (χ0v) is 19.5. The molecule has 0 aromatic heterocycles. The van der Waals surface area contributed by atoms with Gasteiger partial charge in [0.2, 0.25) is 11.8 Å². The number of rotatable bonds is 6. The molecule has 3 aromatic carbocycles. The highest BCUT2D eigenvalue weighted by molar-refractivity contribution is 8.15. The van der Waals surface area contributed by atoms with Gasteiger partial charge < -0.3 is 5.32 Å². The van der Waals surface area contributed by atoms with Crippen LogP contribution in [0.15, 0.2) is 77.8 Å². The molecule has 9 heteroatoms. The average molecular weight is 500 g/mol. The number of carbonyl (C=O) groups excluding carboxylic acids is 2. The molecule has 1 fully saturated rings. The van der Waals surface area contributed by atoms with Crippen molar-refractivity contribution < 1.29 is 18.4 Å². The molecule has 1 heterocycles. The lowest BCUT2D eigenvalue weighted by Gasteiger charge is -2.32. The normalized spacial score (nSPS) is 17.1. The molecule has 0 aliphatic carbocycles. The molecule has 5 nitrogen and oxygen atoms in total. The fourth-order valence-electron chi connectivity index (χ4n) is 3.34. The molecule has 1 saturated heterocycles. The van der Waals surface area contributed by atoms with Gasteiger partial charge in [-0.15, -0.1) is 0 Å². The third-order valence-electron chi connectivity index (χ3n) is 5.13. The Bertz CT molecular complexity index is 1200. The van der Waals surface area contributed by atoms with Crippen molar-refractivity contribution in [2.75, 3.05) is 11.9 Å². The third-order valence-corrected chi connectivity index (χ3v) is 6.57. The van der Waals surface area contributed by atoms with Crippen LogP contribution >= 0.6 is 23.4 Å². The summed E-state index contributed by atoms with van der Waals surface area (Å²) in [5.74, 6) is -1.43. The van der Waals surface area contributed by atoms with Crippen molar-refractivity contribution in [3.63, 3.8) is 0 Å². The number of benzene rings is 3. The predicted octanol–water partition coefficient (Wildman–Crippen LogP) is 5.82. The van der Waals surface area contributed by atoms with Gasteiger partial charge in [-0.2, -0.15) is 0 Å². The minimum absolute atomic E-state index is 0.0131. The van der Waals surface area contributed by atoms with Crippen molar-refractivity contribution in [2.45, 2.75) is 18.1 Å². The highest BCUT2D eigenvalue weighted by Gasteiger charge is 2.35. The number of nitrogens with zero attached hydrogens (tertiary/aromatic N) is 2. The summed E-state index contributed by atoms with van der Waals surface area (Å²) in [5.41, 5.74) is 1.90. The zero-order valence-electron chi connectivity index (χ0n) is 17.9. The second kappa shape index (κ2) is 10.8. The van der Waals surface area contributed by atoms with E-state index < -0.39 is 16.9 Å². The minimum Gasteiger partial charge on any atom is -0.325 e. The molecular formula is C25H20ClF2N3O2S. The summed E-state index contributed by atoms with van der Waals surface area (Å²) in [5, 5.41) is 2.98. The monoisotopic (exact) mass is 499 g/mol. The summed E-state index contributed by atoms with van der Waals surface area (Å²) >= 11 is 7.11. The van der Waals surface area contributed by atoms with Crippen LogP contribution in [0.5, 0.6) is 0 Å². The maximum absolute atomic E-state index is 13.3. The van der Waals surface area contributed by atoms with Gasteiger partial charge in [-0.25, -0.2) is 13.8 Å². The van der Waals surface area contributed by atoms with Gasteiger partial charge in [-0.3, -0.25) is 14.5 Å². The minimum atomic E-state index is -0.719. The standard InChI is InChI=1S/C25H20ClF2N3O2S/c26-17-3-1-16(2-4-17)13-14-31-23(32)15-22(24(33)29-20-9-5-18(27)6-10-20)34-25(31)30-21-11-7-19(28)8-12-21/h1-12,22H,13-15H2,(H,29,33). The smallest absolute Gasteiger partial charge is 0.238 e. The second-order valence-electron chi connectivity index (χ2n) is 7.60. The Kier molecular flexibility index (Phi) is 7.59. The van der Waals surface area contributed by atoms with Crippen LogP contribution in [0.4, 0.5) is 20.2 Å². The highest BCUT2D eigenvalue weighted by atomic mass is 35.5. The number of hydrogen-bond acceptors (Lipinski definition) is 4. The molecule has 0 saturated carbocycles. The number of amides is 2. The first-order valence-electron chi connectivity index (χ1n) is 10.5. The maximum atomic E-state index is 13.3. The number of aliphatic imine (C=N–C) groups is 1. The molecule has 1 atom stereocenters. The van der Waals surface area contributed by atoms with Crippen molar-refractivity contribution in [3.8, 4) is 0 Å². The highest BCUT2D eigenvalue weighted by Crippen LogP contribution is 2.30. The summed E-state index contributed by atoms with van der Waals surface area (Å²) in [6, 6.07) is 18.3. The van der Waals surface area contributed by atoms with Crippen LogP contribution in [0.25, 0.3) is 0 Å². The lowest BCUT2D eigenvalue weighted by molar-refractivity contribution is -0.129. The lowest BCUT2D eigenvalue weighted by Crippen LogP contribution is -2.46. The summed E-state index contributed by atoms with van der Waals surface area (Å²) in [6.45, 7) is 0.361. The van der Waals surface area contributed by atoms with E-state index in [1.165, 1.54) is 48.5 Å². The zero-order chi connectivity index (χ0) is 24.1. The van der Waals surface area contributed by atoms with Gasteiger partial charge in [0.05, 0.1) is 5.69 Å². The Balaban J connectivity index is 1.54. The third kappa shape index (κ3) is 6.21. The van der Waals surface area contributed by atoms with Gasteiger partial charge in [0, 0.05) is 23.7 Å². The molecule has 2 amide bonds. The quantitative estimate of drug-likeness (QED) is 0.465. The first-order valence-corrected chi connectivity index (χ1v) is 11.8. The van der Waals surface area contributed by atoms with Gasteiger partial charge in [-0.05, 0) is 72.6 Å². The summed E-state index contributed by atoms with van der Waals surface area (Å²) in [4.78, 5) is 32.0. The largest absolute Gasteiger partial charge is 0.325 e. The fraction of sp³-hybridized carbons (Fsp3) is 0.160. The van der Waals surface area contributed by atoms with E-state index in [2.05, 4.69) is 10.3 Å². The van der Waals surface area contributed by atoms with Gasteiger partial charge >= 0.3 is 0 Å². The van der Waals surface area contributed by atoms with Crippen molar-refractivity contribution in [3.05, 3.63) is 95.0 Å². The molecule has 4 rings (SSSR count). The summed E-state index contributed by atoms with van der Waals surface area (Å²) < 4.78 is 26.5. The SMILES string of the molecule is O=C(Nc1ccc(F)cc1)C1CC(=O)N(CCc2ccc(Cl)cc2)C(=Nc2ccc(F)cc2)S1. The van der Waals surface area contributed by atoms with E-state index in [0.29, 0.717) is 34.5 Å². The van der Waals surface area contributed by atoms with Gasteiger partial charge in [0.15, 0.2) is 5.17 Å². The first kappa shape index (κ1) is 23.9. The molecule has 0 radical (unpaired) electrons. The van der Waals surface area contributed by atoms with Crippen LogP contribution < -0.4 is 5.32 Å². The number of amidine groups is 1. The summed E-state index contributed by atoms with van der Waals surface area (Å²) in [6.07, 6.45) is 0.555. The molecule has 1 aliphatic rings. The van der Waals surface area contributed by atoms with E-state index in [-0.39, 0.29) is 18.2 Å². The molecule has 174 valence electrons. The van der Waals surface area contributed by atoms with Crippen LogP contribution in [-0.4, -0.2) is 33.7 Å². The number of nitrogens with one attached hydrogen (secondary N) is 1. The molecule has 1 N–H and O–H groups in total. The number of carbonyl (C=O) groups is 2. The van der Waals surface area contributed by atoms with E-state index in [1.54, 1.807) is 17.0 Å².